The molecule has 2 nitrogen and oxygen atoms in total. The first-order valence-corrected chi connectivity index (χ1v) is 7.26. The number of halogens is 1. The van der Waals surface area contributed by atoms with Gasteiger partial charge in [-0.1, -0.05) is 28.1 Å². The van der Waals surface area contributed by atoms with Crippen molar-refractivity contribution < 1.29 is 0 Å². The SMILES string of the molecule is C[C@H](NCCN1CCCC1)c1cccc(Br)c1. The zero-order valence-electron chi connectivity index (χ0n) is 10.5. The molecule has 0 aliphatic carbocycles. The molecule has 1 fully saturated rings. The smallest absolute Gasteiger partial charge is 0.0292 e. The summed E-state index contributed by atoms with van der Waals surface area (Å²) in [5.74, 6) is 0. The minimum atomic E-state index is 0.426. The van der Waals surface area contributed by atoms with E-state index < -0.39 is 0 Å². The molecule has 1 aliphatic heterocycles. The molecule has 94 valence electrons. The van der Waals surface area contributed by atoms with Crippen LogP contribution in [0.4, 0.5) is 0 Å². The fraction of sp³-hybridized carbons (Fsp3) is 0.571. The Kier molecular flexibility index (Phi) is 5.01. The summed E-state index contributed by atoms with van der Waals surface area (Å²) in [7, 11) is 0. The number of benzene rings is 1. The van der Waals surface area contributed by atoms with Crippen LogP contribution in [0.5, 0.6) is 0 Å². The lowest BCUT2D eigenvalue weighted by Gasteiger charge is -2.18. The molecule has 0 unspecified atom stereocenters. The molecule has 0 aromatic heterocycles. The van der Waals surface area contributed by atoms with E-state index in [1.807, 2.05) is 0 Å². The molecule has 3 heteroatoms. The van der Waals surface area contributed by atoms with Crippen LogP contribution in [-0.4, -0.2) is 31.1 Å². The topological polar surface area (TPSA) is 15.3 Å². The Bertz CT molecular complexity index is 348. The Morgan fingerprint density at radius 2 is 2.12 bits per heavy atom. The molecule has 1 aliphatic rings. The van der Waals surface area contributed by atoms with Gasteiger partial charge in [0.25, 0.3) is 0 Å². The lowest BCUT2D eigenvalue weighted by atomic mass is 10.1. The van der Waals surface area contributed by atoms with Gasteiger partial charge in [-0.2, -0.15) is 0 Å². The van der Waals surface area contributed by atoms with Crippen LogP contribution in [-0.2, 0) is 0 Å². The van der Waals surface area contributed by atoms with Crippen molar-refractivity contribution in [2.75, 3.05) is 26.2 Å². The highest BCUT2D eigenvalue weighted by atomic mass is 79.9. The number of hydrogen-bond donors (Lipinski definition) is 1. The normalized spacial score (nSPS) is 18.5. The summed E-state index contributed by atoms with van der Waals surface area (Å²) in [6.07, 6.45) is 2.75. The second kappa shape index (κ2) is 6.53. The number of nitrogens with zero attached hydrogens (tertiary/aromatic N) is 1. The molecule has 1 saturated heterocycles. The minimum Gasteiger partial charge on any atom is -0.309 e. The number of likely N-dealkylation sites (tertiary alicyclic amines) is 1. The molecule has 0 radical (unpaired) electrons. The fourth-order valence-electron chi connectivity index (χ4n) is 2.34. The third kappa shape index (κ3) is 4.09. The fourth-order valence-corrected chi connectivity index (χ4v) is 2.76. The van der Waals surface area contributed by atoms with Crippen LogP contribution in [0, 0.1) is 0 Å². The van der Waals surface area contributed by atoms with E-state index in [0.29, 0.717) is 6.04 Å². The van der Waals surface area contributed by atoms with E-state index in [-0.39, 0.29) is 0 Å². The molecular weight excluding hydrogens is 276 g/mol. The van der Waals surface area contributed by atoms with Gasteiger partial charge in [-0.3, -0.25) is 0 Å². The lowest BCUT2D eigenvalue weighted by Crippen LogP contribution is -2.31. The van der Waals surface area contributed by atoms with Crippen LogP contribution in [0.1, 0.15) is 31.4 Å². The molecule has 1 aromatic rings. The monoisotopic (exact) mass is 296 g/mol. The van der Waals surface area contributed by atoms with Crippen LogP contribution >= 0.6 is 15.9 Å². The summed E-state index contributed by atoms with van der Waals surface area (Å²) < 4.78 is 1.16. The average molecular weight is 297 g/mol. The largest absolute Gasteiger partial charge is 0.309 e. The molecular formula is C14H21BrN2. The molecule has 1 aromatic carbocycles. The summed E-state index contributed by atoms with van der Waals surface area (Å²) >= 11 is 3.52. The number of hydrogen-bond acceptors (Lipinski definition) is 2. The third-order valence-corrected chi connectivity index (χ3v) is 3.92. The van der Waals surface area contributed by atoms with Crippen molar-refractivity contribution in [2.24, 2.45) is 0 Å². The van der Waals surface area contributed by atoms with E-state index in [4.69, 9.17) is 0 Å². The Labute approximate surface area is 113 Å². The molecule has 2 rings (SSSR count). The van der Waals surface area contributed by atoms with Crippen molar-refractivity contribution in [3.8, 4) is 0 Å². The van der Waals surface area contributed by atoms with Gasteiger partial charge in [-0.25, -0.2) is 0 Å². The molecule has 17 heavy (non-hydrogen) atoms. The Morgan fingerprint density at radius 3 is 2.82 bits per heavy atom. The summed E-state index contributed by atoms with van der Waals surface area (Å²) in [6.45, 7) is 7.05. The molecule has 0 saturated carbocycles. The van der Waals surface area contributed by atoms with E-state index in [2.05, 4.69) is 57.3 Å². The molecule has 0 amide bonds. The quantitative estimate of drug-likeness (QED) is 0.898. The van der Waals surface area contributed by atoms with Crippen molar-refractivity contribution in [1.82, 2.24) is 10.2 Å². The summed E-state index contributed by atoms with van der Waals surface area (Å²) in [6, 6.07) is 8.96. The molecule has 1 N–H and O–H groups in total. The van der Waals surface area contributed by atoms with Crippen molar-refractivity contribution >= 4 is 15.9 Å². The number of rotatable bonds is 5. The number of nitrogens with one attached hydrogen (secondary N) is 1. The van der Waals surface area contributed by atoms with Gasteiger partial charge in [0.15, 0.2) is 0 Å². The second-order valence-corrected chi connectivity index (χ2v) is 5.70. The maximum Gasteiger partial charge on any atom is 0.0292 e. The summed E-state index contributed by atoms with van der Waals surface area (Å²) in [5.41, 5.74) is 1.35. The highest BCUT2D eigenvalue weighted by Gasteiger charge is 2.11. The molecule has 1 atom stereocenters. The standard InChI is InChI=1S/C14H21BrN2/c1-12(13-5-4-6-14(15)11-13)16-7-10-17-8-2-3-9-17/h4-6,11-12,16H,2-3,7-10H2,1H3/t12-/m0/s1. The third-order valence-electron chi connectivity index (χ3n) is 3.43. The van der Waals surface area contributed by atoms with Crippen molar-refractivity contribution in [3.63, 3.8) is 0 Å². The first kappa shape index (κ1) is 13.1. The van der Waals surface area contributed by atoms with E-state index in [9.17, 15) is 0 Å². The van der Waals surface area contributed by atoms with Gasteiger partial charge in [-0.15, -0.1) is 0 Å². The molecule has 0 spiro atoms. The highest BCUT2D eigenvalue weighted by Crippen LogP contribution is 2.17. The van der Waals surface area contributed by atoms with Crippen molar-refractivity contribution in [1.29, 1.82) is 0 Å². The molecule has 0 bridgehead atoms. The van der Waals surface area contributed by atoms with Gasteiger partial charge in [0, 0.05) is 23.6 Å². The van der Waals surface area contributed by atoms with E-state index >= 15 is 0 Å². The van der Waals surface area contributed by atoms with Crippen molar-refractivity contribution in [2.45, 2.75) is 25.8 Å². The summed E-state index contributed by atoms with van der Waals surface area (Å²) in [4.78, 5) is 2.54. The Morgan fingerprint density at radius 1 is 1.35 bits per heavy atom. The zero-order valence-corrected chi connectivity index (χ0v) is 12.0. The maximum atomic E-state index is 3.59. The van der Waals surface area contributed by atoms with Gasteiger partial charge in [-0.05, 0) is 50.6 Å². The van der Waals surface area contributed by atoms with E-state index in [1.54, 1.807) is 0 Å². The van der Waals surface area contributed by atoms with Crippen LogP contribution < -0.4 is 5.32 Å². The van der Waals surface area contributed by atoms with Gasteiger partial charge in [0.2, 0.25) is 0 Å². The van der Waals surface area contributed by atoms with Crippen LogP contribution in [0.25, 0.3) is 0 Å². The van der Waals surface area contributed by atoms with Crippen LogP contribution in [0.15, 0.2) is 28.7 Å². The first-order chi connectivity index (χ1) is 8.25. The first-order valence-electron chi connectivity index (χ1n) is 6.47. The predicted octanol–water partition coefficient (Wildman–Crippen LogP) is 3.20. The predicted molar refractivity (Wildman–Crippen MR) is 76.2 cm³/mol. The second-order valence-electron chi connectivity index (χ2n) is 4.78. The van der Waals surface area contributed by atoms with Crippen LogP contribution in [0.2, 0.25) is 0 Å². The molecule has 1 heterocycles. The van der Waals surface area contributed by atoms with E-state index in [1.165, 1.54) is 38.0 Å². The van der Waals surface area contributed by atoms with Crippen LogP contribution in [0.3, 0.4) is 0 Å². The maximum absolute atomic E-state index is 3.59. The Hall–Kier alpha value is -0.380. The van der Waals surface area contributed by atoms with Crippen molar-refractivity contribution in [3.05, 3.63) is 34.3 Å². The Balaban J connectivity index is 1.74. The highest BCUT2D eigenvalue weighted by molar-refractivity contribution is 9.10. The summed E-state index contributed by atoms with van der Waals surface area (Å²) in [5, 5.41) is 3.59. The van der Waals surface area contributed by atoms with Gasteiger partial charge in [0.1, 0.15) is 0 Å². The van der Waals surface area contributed by atoms with Gasteiger partial charge < -0.3 is 10.2 Å². The average Bonchev–Trinajstić information content (AvgIpc) is 2.82. The minimum absolute atomic E-state index is 0.426. The lowest BCUT2D eigenvalue weighted by molar-refractivity contribution is 0.330. The van der Waals surface area contributed by atoms with E-state index in [0.717, 1.165) is 11.0 Å². The van der Waals surface area contributed by atoms with Gasteiger partial charge in [0.05, 0.1) is 0 Å². The van der Waals surface area contributed by atoms with Gasteiger partial charge >= 0.3 is 0 Å². The zero-order chi connectivity index (χ0) is 12.1.